The van der Waals surface area contributed by atoms with Crippen molar-refractivity contribution in [1.29, 1.82) is 0 Å². The SMILES string of the molecule is COc1cc(C(=O)N2NC(c3ccc(Br)cc3)=C[C@@H]2c2ccc(Br)cc2)cc(OC)c1OC. The van der Waals surface area contributed by atoms with Crippen molar-refractivity contribution in [3.63, 3.8) is 0 Å². The van der Waals surface area contributed by atoms with E-state index in [4.69, 9.17) is 14.2 Å². The van der Waals surface area contributed by atoms with Crippen molar-refractivity contribution in [3.05, 3.63) is 92.4 Å². The van der Waals surface area contributed by atoms with Gasteiger partial charge in [0.2, 0.25) is 5.75 Å². The lowest BCUT2D eigenvalue weighted by molar-refractivity contribution is 0.0671. The number of nitrogens with zero attached hydrogens (tertiary/aromatic N) is 1. The first kappa shape index (κ1) is 23.2. The molecular formula is C25H22Br2N2O4. The topological polar surface area (TPSA) is 60.0 Å². The molecule has 0 fully saturated rings. The molecule has 1 atom stereocenters. The summed E-state index contributed by atoms with van der Waals surface area (Å²) in [5, 5.41) is 1.61. The number of hydrogen-bond donors (Lipinski definition) is 1. The van der Waals surface area contributed by atoms with Crippen molar-refractivity contribution in [2.24, 2.45) is 0 Å². The molecule has 6 nitrogen and oxygen atoms in total. The van der Waals surface area contributed by atoms with Crippen molar-refractivity contribution in [2.75, 3.05) is 21.3 Å². The first-order chi connectivity index (χ1) is 15.9. The average molecular weight is 574 g/mol. The van der Waals surface area contributed by atoms with Gasteiger partial charge in [-0.2, -0.15) is 0 Å². The van der Waals surface area contributed by atoms with Gasteiger partial charge < -0.3 is 14.2 Å². The number of amides is 1. The molecule has 0 saturated carbocycles. The normalized spacial score (nSPS) is 15.0. The highest BCUT2D eigenvalue weighted by Crippen LogP contribution is 2.40. The van der Waals surface area contributed by atoms with Crippen LogP contribution < -0.4 is 19.6 Å². The van der Waals surface area contributed by atoms with E-state index in [-0.39, 0.29) is 11.9 Å². The summed E-state index contributed by atoms with van der Waals surface area (Å²) in [7, 11) is 4.58. The second-order valence-electron chi connectivity index (χ2n) is 7.28. The lowest BCUT2D eigenvalue weighted by Crippen LogP contribution is -2.39. The molecule has 1 aliphatic rings. The van der Waals surface area contributed by atoms with E-state index in [1.54, 1.807) is 17.1 Å². The maximum absolute atomic E-state index is 13.7. The number of nitrogens with one attached hydrogen (secondary N) is 1. The van der Waals surface area contributed by atoms with Crippen LogP contribution in [0, 0.1) is 0 Å². The Balaban J connectivity index is 1.75. The van der Waals surface area contributed by atoms with Crippen molar-refractivity contribution in [1.82, 2.24) is 10.4 Å². The summed E-state index contributed by atoms with van der Waals surface area (Å²) in [6.45, 7) is 0. The minimum atomic E-state index is -0.316. The number of carbonyl (C=O) groups excluding carboxylic acids is 1. The summed E-state index contributed by atoms with van der Waals surface area (Å²) in [6.07, 6.45) is 2.04. The number of hydrazine groups is 1. The zero-order valence-corrected chi connectivity index (χ0v) is 21.4. The highest BCUT2D eigenvalue weighted by Gasteiger charge is 2.32. The average Bonchev–Trinajstić information content (AvgIpc) is 3.28. The fraction of sp³-hybridized carbons (Fsp3) is 0.160. The van der Waals surface area contributed by atoms with Crippen molar-refractivity contribution >= 4 is 43.5 Å². The summed E-state index contributed by atoms with van der Waals surface area (Å²) in [5.41, 5.74) is 6.49. The Kier molecular flexibility index (Phi) is 6.95. The minimum Gasteiger partial charge on any atom is -0.493 e. The molecule has 170 valence electrons. The largest absolute Gasteiger partial charge is 0.493 e. The van der Waals surface area contributed by atoms with Gasteiger partial charge in [0, 0.05) is 14.5 Å². The molecule has 0 unspecified atom stereocenters. The van der Waals surface area contributed by atoms with Gasteiger partial charge in [0.05, 0.1) is 33.1 Å². The van der Waals surface area contributed by atoms with Gasteiger partial charge in [-0.3, -0.25) is 10.2 Å². The van der Waals surface area contributed by atoms with Gasteiger partial charge in [-0.1, -0.05) is 56.1 Å². The molecule has 1 aliphatic heterocycles. The minimum absolute atomic E-state index is 0.231. The van der Waals surface area contributed by atoms with E-state index < -0.39 is 0 Å². The predicted molar refractivity (Wildman–Crippen MR) is 134 cm³/mol. The molecule has 3 aromatic carbocycles. The molecule has 1 N–H and O–H groups in total. The molecule has 0 bridgehead atoms. The first-order valence-electron chi connectivity index (χ1n) is 10.1. The molecule has 33 heavy (non-hydrogen) atoms. The van der Waals surface area contributed by atoms with E-state index >= 15 is 0 Å². The van der Waals surface area contributed by atoms with E-state index in [0.717, 1.165) is 25.8 Å². The number of rotatable bonds is 6. The highest BCUT2D eigenvalue weighted by atomic mass is 79.9. The predicted octanol–water partition coefficient (Wildman–Crippen LogP) is 5.98. The van der Waals surface area contributed by atoms with Crippen LogP contribution in [0.1, 0.15) is 27.5 Å². The Labute approximate surface area is 209 Å². The standard InChI is InChI=1S/C25H22Br2N2O4/c1-31-22-12-17(13-23(32-2)24(22)33-3)25(30)29-21(16-6-10-19(27)11-7-16)14-20(28-29)15-4-8-18(26)9-5-15/h4-14,21,28H,1-3H3/t21-/m1/s1. The van der Waals surface area contributed by atoms with Crippen LogP contribution in [-0.4, -0.2) is 32.2 Å². The van der Waals surface area contributed by atoms with Gasteiger partial charge in [0.1, 0.15) is 0 Å². The molecule has 1 amide bonds. The van der Waals surface area contributed by atoms with Crippen LogP contribution in [0.5, 0.6) is 17.2 Å². The monoisotopic (exact) mass is 572 g/mol. The fourth-order valence-corrected chi connectivity index (χ4v) is 4.21. The molecule has 4 rings (SSSR count). The smallest absolute Gasteiger partial charge is 0.273 e. The van der Waals surface area contributed by atoms with Gasteiger partial charge in [0.15, 0.2) is 11.5 Å². The molecule has 0 saturated heterocycles. The number of ether oxygens (including phenoxy) is 3. The van der Waals surface area contributed by atoms with Crippen molar-refractivity contribution in [3.8, 4) is 17.2 Å². The molecule has 1 heterocycles. The molecule has 3 aromatic rings. The van der Waals surface area contributed by atoms with Crippen LogP contribution in [0.3, 0.4) is 0 Å². The van der Waals surface area contributed by atoms with Gasteiger partial charge >= 0.3 is 0 Å². The van der Waals surface area contributed by atoms with E-state index in [2.05, 4.69) is 37.3 Å². The summed E-state index contributed by atoms with van der Waals surface area (Å²) >= 11 is 6.95. The summed E-state index contributed by atoms with van der Waals surface area (Å²) in [6, 6.07) is 18.8. The van der Waals surface area contributed by atoms with Crippen LogP contribution in [0.2, 0.25) is 0 Å². The Morgan fingerprint density at radius 3 is 1.91 bits per heavy atom. The molecule has 8 heteroatoms. The second-order valence-corrected chi connectivity index (χ2v) is 9.12. The maximum Gasteiger partial charge on any atom is 0.273 e. The van der Waals surface area contributed by atoms with E-state index in [9.17, 15) is 4.79 Å². The lowest BCUT2D eigenvalue weighted by Gasteiger charge is -2.26. The lowest BCUT2D eigenvalue weighted by atomic mass is 10.0. The Morgan fingerprint density at radius 1 is 0.848 bits per heavy atom. The van der Waals surface area contributed by atoms with Crippen molar-refractivity contribution < 1.29 is 19.0 Å². The summed E-state index contributed by atoms with van der Waals surface area (Å²) < 4.78 is 18.2. The van der Waals surface area contributed by atoms with Gasteiger partial charge in [-0.05, 0) is 53.6 Å². The number of hydrogen-bond acceptors (Lipinski definition) is 5. The maximum atomic E-state index is 13.7. The Hall–Kier alpha value is -2.97. The molecule has 0 aliphatic carbocycles. The Bertz CT molecular complexity index is 1170. The molecule has 0 spiro atoms. The molecular weight excluding hydrogens is 552 g/mol. The third-order valence-corrected chi connectivity index (χ3v) is 6.40. The zero-order chi connectivity index (χ0) is 23.5. The summed E-state index contributed by atoms with van der Waals surface area (Å²) in [5.74, 6) is 1.04. The Morgan fingerprint density at radius 2 is 1.39 bits per heavy atom. The number of halogens is 2. The van der Waals surface area contributed by atoms with Crippen molar-refractivity contribution in [2.45, 2.75) is 6.04 Å². The molecule has 0 aromatic heterocycles. The quantitative estimate of drug-likeness (QED) is 0.393. The number of methoxy groups -OCH3 is 3. The van der Waals surface area contributed by atoms with E-state index in [1.165, 1.54) is 21.3 Å². The van der Waals surface area contributed by atoms with Crippen LogP contribution in [-0.2, 0) is 0 Å². The fourth-order valence-electron chi connectivity index (χ4n) is 3.69. The third-order valence-electron chi connectivity index (χ3n) is 5.34. The first-order valence-corrected chi connectivity index (χ1v) is 11.7. The second kappa shape index (κ2) is 9.89. The zero-order valence-electron chi connectivity index (χ0n) is 18.3. The van der Waals surface area contributed by atoms with Gasteiger partial charge in [0.25, 0.3) is 5.91 Å². The van der Waals surface area contributed by atoms with Gasteiger partial charge in [-0.25, -0.2) is 5.01 Å². The number of benzene rings is 3. The number of carbonyl (C=O) groups is 1. The van der Waals surface area contributed by atoms with Crippen LogP contribution in [0.15, 0.2) is 75.7 Å². The van der Waals surface area contributed by atoms with E-state index in [1.807, 2.05) is 54.6 Å². The van der Waals surface area contributed by atoms with Gasteiger partial charge in [-0.15, -0.1) is 0 Å². The van der Waals surface area contributed by atoms with E-state index in [0.29, 0.717) is 22.8 Å². The third kappa shape index (κ3) is 4.72. The highest BCUT2D eigenvalue weighted by molar-refractivity contribution is 9.10. The van der Waals surface area contributed by atoms with Crippen LogP contribution in [0.4, 0.5) is 0 Å². The van der Waals surface area contributed by atoms with Crippen LogP contribution in [0.25, 0.3) is 5.70 Å². The summed E-state index contributed by atoms with van der Waals surface area (Å²) in [4.78, 5) is 13.7. The van der Waals surface area contributed by atoms with Crippen LogP contribution >= 0.6 is 31.9 Å². The molecule has 0 radical (unpaired) electrons.